The molecule has 1 fully saturated rings. The van der Waals surface area contributed by atoms with E-state index in [9.17, 15) is 4.79 Å². The number of anilines is 2. The topological polar surface area (TPSA) is 61.4 Å². The molecule has 0 aliphatic carbocycles. The monoisotopic (exact) mass is 421 g/mol. The van der Waals surface area contributed by atoms with Gasteiger partial charge in [0.05, 0.1) is 5.69 Å². The summed E-state index contributed by atoms with van der Waals surface area (Å²) in [6, 6.07) is 19.4. The molecule has 0 spiro atoms. The van der Waals surface area contributed by atoms with E-state index >= 15 is 0 Å². The first-order valence-electron chi connectivity index (χ1n) is 10.1. The van der Waals surface area contributed by atoms with Crippen molar-refractivity contribution in [2.24, 2.45) is 0 Å². The maximum absolute atomic E-state index is 12.7. The van der Waals surface area contributed by atoms with Gasteiger partial charge in [-0.2, -0.15) is 0 Å². The van der Waals surface area contributed by atoms with Gasteiger partial charge in [-0.25, -0.2) is 4.79 Å². The first-order chi connectivity index (χ1) is 14.6. The van der Waals surface area contributed by atoms with Crippen molar-refractivity contribution >= 4 is 29.1 Å². The molecule has 30 heavy (non-hydrogen) atoms. The first kappa shape index (κ1) is 20.2. The Kier molecular flexibility index (Phi) is 6.14. The third-order valence-corrected chi connectivity index (χ3v) is 5.57. The fourth-order valence-electron chi connectivity index (χ4n) is 3.55. The van der Waals surface area contributed by atoms with Crippen LogP contribution in [0.4, 0.5) is 16.3 Å². The van der Waals surface area contributed by atoms with E-state index in [1.807, 2.05) is 65.6 Å². The number of para-hydroxylation sites is 1. The maximum atomic E-state index is 12.7. The molecule has 0 unspecified atom stereocenters. The van der Waals surface area contributed by atoms with Crippen LogP contribution in [0.1, 0.15) is 12.5 Å². The molecule has 0 saturated carbocycles. The predicted octanol–water partition coefficient (Wildman–Crippen LogP) is 4.71. The van der Waals surface area contributed by atoms with Gasteiger partial charge in [-0.1, -0.05) is 48.9 Å². The second kappa shape index (κ2) is 9.13. The van der Waals surface area contributed by atoms with Crippen molar-refractivity contribution in [2.75, 3.05) is 36.4 Å². The quantitative estimate of drug-likeness (QED) is 0.662. The summed E-state index contributed by atoms with van der Waals surface area (Å²) in [4.78, 5) is 16.7. The van der Waals surface area contributed by atoms with E-state index in [1.54, 1.807) is 0 Å². The fourth-order valence-corrected chi connectivity index (χ4v) is 3.68. The van der Waals surface area contributed by atoms with Crippen LogP contribution in [0.3, 0.4) is 0 Å². The number of aryl methyl sites for hydroxylation is 1. The zero-order valence-corrected chi connectivity index (χ0v) is 17.6. The van der Waals surface area contributed by atoms with Gasteiger partial charge in [-0.15, -0.1) is 10.2 Å². The van der Waals surface area contributed by atoms with E-state index in [0.717, 1.165) is 47.8 Å². The highest BCUT2D eigenvalue weighted by atomic mass is 35.5. The Balaban J connectivity index is 1.35. The van der Waals surface area contributed by atoms with Crippen LogP contribution < -0.4 is 10.2 Å². The van der Waals surface area contributed by atoms with Crippen LogP contribution in [-0.2, 0) is 6.42 Å². The Hall–Kier alpha value is -3.12. The molecule has 6 nitrogen and oxygen atoms in total. The number of hydrogen-bond acceptors (Lipinski definition) is 4. The van der Waals surface area contributed by atoms with Gasteiger partial charge in [0.25, 0.3) is 0 Å². The van der Waals surface area contributed by atoms with Crippen molar-refractivity contribution in [3.05, 3.63) is 71.2 Å². The lowest BCUT2D eigenvalue weighted by molar-refractivity contribution is 0.208. The number of urea groups is 1. The van der Waals surface area contributed by atoms with Gasteiger partial charge in [0.15, 0.2) is 5.82 Å². The lowest BCUT2D eigenvalue weighted by atomic mass is 10.1. The SMILES string of the molecule is CCc1ccccc1NC(=O)N1CCN(c2ccc(-c3ccc(Cl)cc3)nn2)CC1. The lowest BCUT2D eigenvalue weighted by Gasteiger charge is -2.35. The molecule has 154 valence electrons. The summed E-state index contributed by atoms with van der Waals surface area (Å²) in [7, 11) is 0. The van der Waals surface area contributed by atoms with Crippen molar-refractivity contribution in [3.63, 3.8) is 0 Å². The number of amides is 2. The molecule has 1 aromatic heterocycles. The standard InChI is InChI=1S/C23H24ClN5O/c1-2-17-5-3-4-6-20(17)25-23(30)29-15-13-28(14-16-29)22-12-11-21(26-27-22)18-7-9-19(24)10-8-18/h3-12H,2,13-16H2,1H3,(H,25,30). The Morgan fingerprint density at radius 1 is 0.967 bits per heavy atom. The van der Waals surface area contributed by atoms with Crippen LogP contribution in [0.25, 0.3) is 11.3 Å². The molecule has 0 atom stereocenters. The Bertz CT molecular complexity index is 999. The third kappa shape index (κ3) is 4.54. The average molecular weight is 422 g/mol. The number of nitrogens with one attached hydrogen (secondary N) is 1. The van der Waals surface area contributed by atoms with E-state index in [0.29, 0.717) is 18.1 Å². The normalized spacial score (nSPS) is 13.9. The minimum Gasteiger partial charge on any atom is -0.352 e. The summed E-state index contributed by atoms with van der Waals surface area (Å²) in [6.07, 6.45) is 0.884. The number of rotatable bonds is 4. The Labute approximate surface area is 181 Å². The first-order valence-corrected chi connectivity index (χ1v) is 10.5. The Morgan fingerprint density at radius 2 is 1.70 bits per heavy atom. The van der Waals surface area contributed by atoms with Crippen molar-refractivity contribution in [2.45, 2.75) is 13.3 Å². The number of benzene rings is 2. The molecular formula is C23H24ClN5O. The average Bonchev–Trinajstić information content (AvgIpc) is 2.80. The van der Waals surface area contributed by atoms with E-state index < -0.39 is 0 Å². The number of aromatic nitrogens is 2. The number of carbonyl (C=O) groups is 1. The highest BCUT2D eigenvalue weighted by Gasteiger charge is 2.22. The summed E-state index contributed by atoms with van der Waals surface area (Å²) in [5.74, 6) is 0.823. The molecule has 1 aliphatic heterocycles. The fraction of sp³-hybridized carbons (Fsp3) is 0.261. The summed E-state index contributed by atoms with van der Waals surface area (Å²) in [5.41, 5.74) is 3.81. The van der Waals surface area contributed by atoms with Gasteiger partial charge in [-0.3, -0.25) is 0 Å². The van der Waals surface area contributed by atoms with Crippen LogP contribution in [0.5, 0.6) is 0 Å². The van der Waals surface area contributed by atoms with Gasteiger partial charge in [0.1, 0.15) is 0 Å². The minimum absolute atomic E-state index is 0.0558. The number of halogens is 1. The van der Waals surface area contributed by atoms with Gasteiger partial charge < -0.3 is 15.1 Å². The van der Waals surface area contributed by atoms with E-state index in [2.05, 4.69) is 27.3 Å². The van der Waals surface area contributed by atoms with Crippen LogP contribution in [0, 0.1) is 0 Å². The predicted molar refractivity (Wildman–Crippen MR) is 121 cm³/mol. The minimum atomic E-state index is -0.0558. The molecule has 2 aromatic carbocycles. The number of nitrogens with zero attached hydrogens (tertiary/aromatic N) is 4. The highest BCUT2D eigenvalue weighted by molar-refractivity contribution is 6.30. The van der Waals surface area contributed by atoms with Crippen molar-refractivity contribution in [1.82, 2.24) is 15.1 Å². The number of piperazine rings is 1. The summed E-state index contributed by atoms with van der Waals surface area (Å²) >= 11 is 5.95. The molecule has 1 aliphatic rings. The van der Waals surface area contributed by atoms with E-state index in [-0.39, 0.29) is 6.03 Å². The lowest BCUT2D eigenvalue weighted by Crippen LogP contribution is -2.50. The van der Waals surface area contributed by atoms with Crippen LogP contribution in [-0.4, -0.2) is 47.3 Å². The smallest absolute Gasteiger partial charge is 0.321 e. The molecule has 0 radical (unpaired) electrons. The zero-order valence-electron chi connectivity index (χ0n) is 16.9. The number of hydrogen-bond donors (Lipinski definition) is 1. The van der Waals surface area contributed by atoms with Gasteiger partial charge in [0, 0.05) is 42.5 Å². The Morgan fingerprint density at radius 3 is 2.37 bits per heavy atom. The van der Waals surface area contributed by atoms with Gasteiger partial charge in [0.2, 0.25) is 0 Å². The summed E-state index contributed by atoms with van der Waals surface area (Å²) < 4.78 is 0. The molecular weight excluding hydrogens is 398 g/mol. The molecule has 2 heterocycles. The third-order valence-electron chi connectivity index (χ3n) is 5.32. The summed E-state index contributed by atoms with van der Waals surface area (Å²) in [5, 5.41) is 12.5. The molecule has 3 aromatic rings. The van der Waals surface area contributed by atoms with Gasteiger partial charge >= 0.3 is 6.03 Å². The van der Waals surface area contributed by atoms with Crippen LogP contribution in [0.15, 0.2) is 60.7 Å². The second-order valence-corrected chi connectivity index (χ2v) is 7.64. The number of carbonyl (C=O) groups excluding carboxylic acids is 1. The van der Waals surface area contributed by atoms with Crippen molar-refractivity contribution in [3.8, 4) is 11.3 Å². The van der Waals surface area contributed by atoms with E-state index in [4.69, 9.17) is 11.6 Å². The molecule has 7 heteroatoms. The second-order valence-electron chi connectivity index (χ2n) is 7.20. The highest BCUT2D eigenvalue weighted by Crippen LogP contribution is 2.22. The molecule has 0 bridgehead atoms. The molecule has 4 rings (SSSR count). The van der Waals surface area contributed by atoms with Gasteiger partial charge in [-0.05, 0) is 42.3 Å². The van der Waals surface area contributed by atoms with E-state index in [1.165, 1.54) is 0 Å². The molecule has 2 amide bonds. The molecule has 1 saturated heterocycles. The maximum Gasteiger partial charge on any atom is 0.321 e. The largest absolute Gasteiger partial charge is 0.352 e. The van der Waals surface area contributed by atoms with Crippen molar-refractivity contribution in [1.29, 1.82) is 0 Å². The molecule has 1 N–H and O–H groups in total. The zero-order chi connectivity index (χ0) is 20.9. The van der Waals surface area contributed by atoms with Crippen molar-refractivity contribution < 1.29 is 4.79 Å². The summed E-state index contributed by atoms with van der Waals surface area (Å²) in [6.45, 7) is 4.81. The van der Waals surface area contributed by atoms with Crippen LogP contribution in [0.2, 0.25) is 5.02 Å². The van der Waals surface area contributed by atoms with Crippen LogP contribution >= 0.6 is 11.6 Å².